The number of nitrogens with zero attached hydrogens (tertiary/aromatic N) is 2. The second-order valence-corrected chi connectivity index (χ2v) is 7.83. The normalized spacial score (nSPS) is 13.9. The van der Waals surface area contributed by atoms with E-state index in [1.54, 1.807) is 12.5 Å². The molecule has 1 aliphatic carbocycles. The number of hydrogen-bond donors (Lipinski definition) is 2. The van der Waals surface area contributed by atoms with Crippen LogP contribution in [-0.2, 0) is 19.5 Å². The van der Waals surface area contributed by atoms with Crippen LogP contribution in [0.2, 0.25) is 0 Å². The fourth-order valence-electron chi connectivity index (χ4n) is 3.64. The van der Waals surface area contributed by atoms with Gasteiger partial charge in [0.25, 0.3) is 5.91 Å². The summed E-state index contributed by atoms with van der Waals surface area (Å²) in [4.78, 5) is 22.2. The molecule has 0 aliphatic heterocycles. The summed E-state index contributed by atoms with van der Waals surface area (Å²) in [6, 6.07) is 10.6. The lowest BCUT2D eigenvalue weighted by Crippen LogP contribution is -2.27. The third-order valence-electron chi connectivity index (χ3n) is 5.41. The van der Waals surface area contributed by atoms with E-state index in [0.717, 1.165) is 36.9 Å². The topological polar surface area (TPSA) is 87.3 Å². The number of benzene rings is 1. The Kier molecular flexibility index (Phi) is 5.11. The Morgan fingerprint density at radius 2 is 2.10 bits per heavy atom. The van der Waals surface area contributed by atoms with Crippen LogP contribution in [0.5, 0.6) is 0 Å². The first kappa shape index (κ1) is 18.7. The molecule has 1 aliphatic rings. The number of aromatic nitrogens is 2. The molecule has 7 nitrogen and oxygen atoms in total. The number of fused-ring (bicyclic) bond motifs is 1. The van der Waals surface area contributed by atoms with Gasteiger partial charge in [-0.2, -0.15) is 0 Å². The number of oxazole rings is 1. The van der Waals surface area contributed by atoms with E-state index in [1.165, 1.54) is 17.2 Å². The molecule has 0 bridgehead atoms. The molecule has 2 N–H and O–H groups in total. The minimum absolute atomic E-state index is 0.160. The largest absolute Gasteiger partial charge is 0.472 e. The zero-order chi connectivity index (χ0) is 20.3. The van der Waals surface area contributed by atoms with Crippen molar-refractivity contribution in [1.29, 1.82) is 0 Å². The van der Waals surface area contributed by atoms with Gasteiger partial charge in [0.2, 0.25) is 5.89 Å². The predicted molar refractivity (Wildman–Crippen MR) is 112 cm³/mol. The molecule has 0 saturated heterocycles. The third kappa shape index (κ3) is 4.31. The number of hydrogen-bond acceptors (Lipinski definition) is 5. The Morgan fingerprint density at radius 3 is 2.93 bits per heavy atom. The summed E-state index contributed by atoms with van der Waals surface area (Å²) in [6.45, 7) is 2.05. The van der Waals surface area contributed by atoms with Crippen molar-refractivity contribution in [3.63, 3.8) is 0 Å². The molecule has 3 aromatic heterocycles. The number of amides is 1. The molecule has 7 heteroatoms. The standard InChI is InChI=1S/C23H24N4O3/c28-23(25-18-5-6-18)21-15-30-22(26-21)13-27(12-16-8-10-29-14-16)9-7-17-11-24-20-4-2-1-3-19(17)20/h1-4,8,10-11,14-15,18,24H,5-7,9,12-13H2,(H,25,28). The number of carbonyl (C=O) groups is 1. The van der Waals surface area contributed by atoms with Crippen LogP contribution in [0, 0.1) is 0 Å². The van der Waals surface area contributed by atoms with E-state index in [1.807, 2.05) is 12.1 Å². The van der Waals surface area contributed by atoms with Gasteiger partial charge in [-0.25, -0.2) is 4.98 Å². The zero-order valence-corrected chi connectivity index (χ0v) is 16.6. The molecular formula is C23H24N4O3. The number of para-hydroxylation sites is 1. The number of aromatic amines is 1. The van der Waals surface area contributed by atoms with Gasteiger partial charge in [0.05, 0.1) is 19.1 Å². The lowest BCUT2D eigenvalue weighted by molar-refractivity contribution is 0.0946. The van der Waals surface area contributed by atoms with Crippen LogP contribution in [0.25, 0.3) is 10.9 Å². The highest BCUT2D eigenvalue weighted by atomic mass is 16.3. The van der Waals surface area contributed by atoms with E-state index < -0.39 is 0 Å². The molecule has 0 atom stereocenters. The van der Waals surface area contributed by atoms with Crippen molar-refractivity contribution in [3.05, 3.63) is 78.0 Å². The molecule has 0 spiro atoms. The third-order valence-corrected chi connectivity index (χ3v) is 5.41. The summed E-state index contributed by atoms with van der Waals surface area (Å²) in [6.07, 6.45) is 9.93. The van der Waals surface area contributed by atoms with Gasteiger partial charge in [0.1, 0.15) is 6.26 Å². The van der Waals surface area contributed by atoms with Gasteiger partial charge < -0.3 is 19.1 Å². The van der Waals surface area contributed by atoms with Crippen LogP contribution in [0.4, 0.5) is 0 Å². The lowest BCUT2D eigenvalue weighted by Gasteiger charge is -2.19. The molecule has 1 fully saturated rings. The molecule has 1 aromatic carbocycles. The van der Waals surface area contributed by atoms with Crippen LogP contribution in [-0.4, -0.2) is 33.4 Å². The van der Waals surface area contributed by atoms with Gasteiger partial charge in [0.15, 0.2) is 5.69 Å². The van der Waals surface area contributed by atoms with Gasteiger partial charge in [0, 0.05) is 41.8 Å². The van der Waals surface area contributed by atoms with Crippen molar-refractivity contribution < 1.29 is 13.6 Å². The number of nitrogens with one attached hydrogen (secondary N) is 2. The van der Waals surface area contributed by atoms with Crippen LogP contribution in [0.1, 0.15) is 40.3 Å². The number of furan rings is 1. The van der Waals surface area contributed by atoms with Crippen LogP contribution >= 0.6 is 0 Å². The SMILES string of the molecule is O=C(NC1CC1)c1coc(CN(CCc2c[nH]c3ccccc23)Cc2ccoc2)n1. The first-order valence-electron chi connectivity index (χ1n) is 10.3. The van der Waals surface area contributed by atoms with Crippen molar-refractivity contribution in [2.24, 2.45) is 0 Å². The molecule has 1 saturated carbocycles. The summed E-state index contributed by atoms with van der Waals surface area (Å²) >= 11 is 0. The highest BCUT2D eigenvalue weighted by Crippen LogP contribution is 2.21. The molecule has 0 unspecified atom stereocenters. The zero-order valence-electron chi connectivity index (χ0n) is 16.6. The van der Waals surface area contributed by atoms with E-state index in [0.29, 0.717) is 30.7 Å². The maximum atomic E-state index is 12.2. The molecular weight excluding hydrogens is 380 g/mol. The smallest absolute Gasteiger partial charge is 0.273 e. The maximum absolute atomic E-state index is 12.2. The highest BCUT2D eigenvalue weighted by molar-refractivity contribution is 5.92. The number of rotatable bonds is 9. The summed E-state index contributed by atoms with van der Waals surface area (Å²) in [7, 11) is 0. The van der Waals surface area contributed by atoms with E-state index in [-0.39, 0.29) is 5.91 Å². The van der Waals surface area contributed by atoms with Crippen molar-refractivity contribution in [1.82, 2.24) is 20.2 Å². The average molecular weight is 404 g/mol. The quantitative estimate of drug-likeness (QED) is 0.442. The summed E-state index contributed by atoms with van der Waals surface area (Å²) in [5, 5.41) is 4.19. The Balaban J connectivity index is 1.28. The molecule has 5 rings (SSSR count). The van der Waals surface area contributed by atoms with E-state index in [2.05, 4.69) is 44.6 Å². The highest BCUT2D eigenvalue weighted by Gasteiger charge is 2.25. The van der Waals surface area contributed by atoms with Crippen LogP contribution < -0.4 is 5.32 Å². The van der Waals surface area contributed by atoms with Gasteiger partial charge in [-0.3, -0.25) is 9.69 Å². The van der Waals surface area contributed by atoms with Gasteiger partial charge in [-0.05, 0) is 37.0 Å². The second-order valence-electron chi connectivity index (χ2n) is 7.83. The van der Waals surface area contributed by atoms with E-state index >= 15 is 0 Å². The lowest BCUT2D eigenvalue weighted by atomic mass is 10.1. The minimum atomic E-state index is -0.160. The van der Waals surface area contributed by atoms with Crippen molar-refractivity contribution in [2.45, 2.75) is 38.4 Å². The predicted octanol–water partition coefficient (Wildman–Crippen LogP) is 3.89. The number of carbonyl (C=O) groups excluding carboxylic acids is 1. The van der Waals surface area contributed by atoms with Crippen LogP contribution in [0.3, 0.4) is 0 Å². The van der Waals surface area contributed by atoms with Crippen molar-refractivity contribution in [2.75, 3.05) is 6.54 Å². The summed E-state index contributed by atoms with van der Waals surface area (Å²) < 4.78 is 10.8. The maximum Gasteiger partial charge on any atom is 0.273 e. The van der Waals surface area contributed by atoms with Crippen LogP contribution in [0.15, 0.2) is 64.2 Å². The minimum Gasteiger partial charge on any atom is -0.472 e. The Hall–Kier alpha value is -3.32. The van der Waals surface area contributed by atoms with Gasteiger partial charge >= 0.3 is 0 Å². The second kappa shape index (κ2) is 8.20. The number of H-pyrrole nitrogens is 1. The molecule has 1 amide bonds. The Morgan fingerprint density at radius 1 is 1.20 bits per heavy atom. The fourth-order valence-corrected chi connectivity index (χ4v) is 3.64. The summed E-state index contributed by atoms with van der Waals surface area (Å²) in [5.74, 6) is 0.381. The van der Waals surface area contributed by atoms with Gasteiger partial charge in [-0.15, -0.1) is 0 Å². The van der Waals surface area contributed by atoms with Crippen molar-refractivity contribution in [3.8, 4) is 0 Å². The summed E-state index contributed by atoms with van der Waals surface area (Å²) in [5.41, 5.74) is 3.86. The molecule has 4 aromatic rings. The Bertz CT molecular complexity index is 1120. The average Bonchev–Trinajstić information content (AvgIpc) is 3.16. The molecule has 30 heavy (non-hydrogen) atoms. The van der Waals surface area contributed by atoms with Crippen molar-refractivity contribution >= 4 is 16.8 Å². The monoisotopic (exact) mass is 404 g/mol. The molecule has 3 heterocycles. The molecule has 154 valence electrons. The van der Waals surface area contributed by atoms with E-state index in [9.17, 15) is 4.79 Å². The Labute approximate surface area is 174 Å². The van der Waals surface area contributed by atoms with E-state index in [4.69, 9.17) is 8.83 Å². The molecule has 0 radical (unpaired) electrons. The first-order valence-corrected chi connectivity index (χ1v) is 10.3. The fraction of sp³-hybridized carbons (Fsp3) is 0.304. The first-order chi connectivity index (χ1) is 14.7. The van der Waals surface area contributed by atoms with Gasteiger partial charge in [-0.1, -0.05) is 18.2 Å².